The predicted octanol–water partition coefficient (Wildman–Crippen LogP) is 1.31. The molecule has 0 radical (unpaired) electrons. The van der Waals surface area contributed by atoms with Crippen molar-refractivity contribution in [1.82, 2.24) is 0 Å². The lowest BCUT2D eigenvalue weighted by atomic mass is 10.2. The Bertz CT molecular complexity index is 643. The number of rotatable bonds is 6. The van der Waals surface area contributed by atoms with Gasteiger partial charge < -0.3 is 4.74 Å². The number of anilines is 1. The van der Waals surface area contributed by atoms with E-state index >= 15 is 0 Å². The SMILES string of the molecule is CCOC(=O)C(C)N(c1cccc([N+](=O)[O-])c1)S(C)(=O)=O. The third-order valence-electron chi connectivity index (χ3n) is 2.63. The molecule has 0 saturated heterocycles. The van der Waals surface area contributed by atoms with Crippen molar-refractivity contribution in [2.45, 2.75) is 19.9 Å². The lowest BCUT2D eigenvalue weighted by Gasteiger charge is -2.27. The summed E-state index contributed by atoms with van der Waals surface area (Å²) in [6.45, 7) is 3.07. The second-order valence-corrected chi connectivity index (χ2v) is 6.12. The molecular formula is C12H16N2O6S. The van der Waals surface area contributed by atoms with Gasteiger partial charge in [0.05, 0.1) is 23.5 Å². The van der Waals surface area contributed by atoms with Crippen LogP contribution in [0.1, 0.15) is 13.8 Å². The van der Waals surface area contributed by atoms with Crippen LogP contribution in [0.25, 0.3) is 0 Å². The van der Waals surface area contributed by atoms with Crippen LogP contribution in [0.5, 0.6) is 0 Å². The Kier molecular flexibility index (Phi) is 5.25. The second-order valence-electron chi connectivity index (χ2n) is 4.26. The minimum atomic E-state index is -3.81. The van der Waals surface area contributed by atoms with Crippen LogP contribution >= 0.6 is 0 Å². The van der Waals surface area contributed by atoms with Crippen LogP contribution < -0.4 is 4.31 Å². The summed E-state index contributed by atoms with van der Waals surface area (Å²) in [5.41, 5.74) is -0.232. The predicted molar refractivity (Wildman–Crippen MR) is 76.5 cm³/mol. The number of ether oxygens (including phenoxy) is 1. The van der Waals surface area contributed by atoms with Gasteiger partial charge in [0.1, 0.15) is 6.04 Å². The van der Waals surface area contributed by atoms with Gasteiger partial charge in [0, 0.05) is 12.1 Å². The summed E-state index contributed by atoms with van der Waals surface area (Å²) in [7, 11) is -3.81. The molecule has 1 rings (SSSR count). The van der Waals surface area contributed by atoms with Crippen molar-refractivity contribution in [3.05, 3.63) is 34.4 Å². The maximum absolute atomic E-state index is 11.9. The van der Waals surface area contributed by atoms with Gasteiger partial charge in [-0.3, -0.25) is 14.4 Å². The number of nitro groups is 1. The fourth-order valence-electron chi connectivity index (χ4n) is 1.80. The third kappa shape index (κ3) is 4.15. The number of carbonyl (C=O) groups excluding carboxylic acids is 1. The monoisotopic (exact) mass is 316 g/mol. The topological polar surface area (TPSA) is 107 Å². The minimum Gasteiger partial charge on any atom is -0.464 e. The van der Waals surface area contributed by atoms with Gasteiger partial charge in [0.15, 0.2) is 0 Å². The fourth-order valence-corrected chi connectivity index (χ4v) is 2.96. The number of sulfonamides is 1. The first-order valence-electron chi connectivity index (χ1n) is 6.09. The largest absolute Gasteiger partial charge is 0.464 e. The highest BCUT2D eigenvalue weighted by molar-refractivity contribution is 7.92. The van der Waals surface area contributed by atoms with Crippen LogP contribution in [0, 0.1) is 10.1 Å². The molecule has 0 aromatic heterocycles. The maximum atomic E-state index is 11.9. The molecule has 0 aliphatic rings. The second kappa shape index (κ2) is 6.53. The summed E-state index contributed by atoms with van der Waals surface area (Å²) in [6.07, 6.45) is 0.918. The van der Waals surface area contributed by atoms with Crippen molar-refractivity contribution >= 4 is 27.4 Å². The van der Waals surface area contributed by atoms with Crippen LogP contribution in [0.2, 0.25) is 0 Å². The van der Waals surface area contributed by atoms with Gasteiger partial charge in [0.25, 0.3) is 5.69 Å². The molecule has 1 aromatic carbocycles. The first-order chi connectivity index (χ1) is 9.68. The van der Waals surface area contributed by atoms with E-state index in [-0.39, 0.29) is 18.0 Å². The zero-order chi connectivity index (χ0) is 16.2. The molecule has 0 aliphatic carbocycles. The van der Waals surface area contributed by atoms with Crippen LogP contribution in [-0.2, 0) is 19.6 Å². The Labute approximate surface area is 122 Å². The Hall–Kier alpha value is -2.16. The van der Waals surface area contributed by atoms with E-state index in [1.54, 1.807) is 6.92 Å². The molecule has 116 valence electrons. The van der Waals surface area contributed by atoms with Crippen LogP contribution in [0.15, 0.2) is 24.3 Å². The van der Waals surface area contributed by atoms with E-state index in [9.17, 15) is 23.3 Å². The third-order valence-corrected chi connectivity index (χ3v) is 3.87. The van der Waals surface area contributed by atoms with E-state index in [0.29, 0.717) is 0 Å². The van der Waals surface area contributed by atoms with Crippen molar-refractivity contribution < 1.29 is 22.9 Å². The molecular weight excluding hydrogens is 300 g/mol. The van der Waals surface area contributed by atoms with E-state index < -0.39 is 27.0 Å². The molecule has 1 unspecified atom stereocenters. The van der Waals surface area contributed by atoms with Gasteiger partial charge in [-0.2, -0.15) is 0 Å². The molecule has 0 heterocycles. The fraction of sp³-hybridized carbons (Fsp3) is 0.417. The van der Waals surface area contributed by atoms with Gasteiger partial charge in [-0.05, 0) is 19.9 Å². The average molecular weight is 316 g/mol. The molecule has 1 atom stereocenters. The number of nitro benzene ring substituents is 1. The number of hydrogen-bond donors (Lipinski definition) is 0. The number of esters is 1. The standard InChI is InChI=1S/C12H16N2O6S/c1-4-20-12(15)9(2)13(21(3,18)19)10-6-5-7-11(8-10)14(16)17/h5-9H,4H2,1-3H3. The van der Waals surface area contributed by atoms with Crippen molar-refractivity contribution in [3.63, 3.8) is 0 Å². The Morgan fingerprint density at radius 3 is 2.57 bits per heavy atom. The number of hydrogen-bond acceptors (Lipinski definition) is 6. The van der Waals surface area contributed by atoms with Crippen molar-refractivity contribution in [2.24, 2.45) is 0 Å². The van der Waals surface area contributed by atoms with Crippen molar-refractivity contribution in [3.8, 4) is 0 Å². The Morgan fingerprint density at radius 2 is 2.10 bits per heavy atom. The van der Waals surface area contributed by atoms with E-state index in [2.05, 4.69) is 0 Å². The highest BCUT2D eigenvalue weighted by Gasteiger charge is 2.30. The average Bonchev–Trinajstić information content (AvgIpc) is 2.37. The van der Waals surface area contributed by atoms with E-state index in [1.165, 1.54) is 25.1 Å². The number of benzene rings is 1. The summed E-state index contributed by atoms with van der Waals surface area (Å²) >= 11 is 0. The number of carbonyl (C=O) groups is 1. The normalized spacial score (nSPS) is 12.5. The first kappa shape index (κ1) is 16.9. The molecule has 9 heteroatoms. The van der Waals surface area contributed by atoms with Gasteiger partial charge in [-0.15, -0.1) is 0 Å². The quantitative estimate of drug-likeness (QED) is 0.445. The van der Waals surface area contributed by atoms with Gasteiger partial charge >= 0.3 is 5.97 Å². The summed E-state index contributed by atoms with van der Waals surface area (Å²) < 4.78 is 29.4. The number of nitrogens with zero attached hydrogens (tertiary/aromatic N) is 2. The molecule has 0 amide bonds. The van der Waals surface area contributed by atoms with Crippen LogP contribution in [0.3, 0.4) is 0 Å². The maximum Gasteiger partial charge on any atom is 0.329 e. The summed E-state index contributed by atoms with van der Waals surface area (Å²) in [5, 5.41) is 10.8. The lowest BCUT2D eigenvalue weighted by Crippen LogP contribution is -2.43. The minimum absolute atomic E-state index is 0.0345. The molecule has 0 bridgehead atoms. The Morgan fingerprint density at radius 1 is 1.48 bits per heavy atom. The van der Waals surface area contributed by atoms with Crippen molar-refractivity contribution in [1.29, 1.82) is 0 Å². The molecule has 0 aliphatic heterocycles. The zero-order valence-electron chi connectivity index (χ0n) is 11.8. The molecule has 1 aromatic rings. The van der Waals surface area contributed by atoms with Gasteiger partial charge in [0.2, 0.25) is 10.0 Å². The van der Waals surface area contributed by atoms with Crippen molar-refractivity contribution in [2.75, 3.05) is 17.2 Å². The molecule has 0 fully saturated rings. The molecule has 0 saturated carbocycles. The molecule has 0 N–H and O–H groups in total. The molecule has 8 nitrogen and oxygen atoms in total. The number of non-ortho nitro benzene ring substituents is 1. The van der Waals surface area contributed by atoms with E-state index in [1.807, 2.05) is 0 Å². The van der Waals surface area contributed by atoms with Gasteiger partial charge in [-0.1, -0.05) is 6.07 Å². The lowest BCUT2D eigenvalue weighted by molar-refractivity contribution is -0.384. The van der Waals surface area contributed by atoms with E-state index in [4.69, 9.17) is 4.74 Å². The van der Waals surface area contributed by atoms with Gasteiger partial charge in [-0.25, -0.2) is 13.2 Å². The molecule has 0 spiro atoms. The summed E-state index contributed by atoms with van der Waals surface area (Å²) in [6, 6.07) is 3.94. The van der Waals surface area contributed by atoms with Crippen LogP contribution in [-0.4, -0.2) is 38.2 Å². The smallest absolute Gasteiger partial charge is 0.329 e. The van der Waals surface area contributed by atoms with E-state index in [0.717, 1.165) is 16.6 Å². The first-order valence-corrected chi connectivity index (χ1v) is 7.93. The zero-order valence-corrected chi connectivity index (χ0v) is 12.7. The summed E-state index contributed by atoms with van der Waals surface area (Å²) in [5.74, 6) is -0.727. The van der Waals surface area contributed by atoms with Crippen LogP contribution in [0.4, 0.5) is 11.4 Å². The molecule has 21 heavy (non-hydrogen) atoms. The Balaban J connectivity index is 3.30. The highest BCUT2D eigenvalue weighted by Crippen LogP contribution is 2.25. The summed E-state index contributed by atoms with van der Waals surface area (Å²) in [4.78, 5) is 21.9. The highest BCUT2D eigenvalue weighted by atomic mass is 32.2.